The molecule has 0 amide bonds. The summed E-state index contributed by atoms with van der Waals surface area (Å²) < 4.78 is 44.0. The van der Waals surface area contributed by atoms with Gasteiger partial charge in [0.05, 0.1) is 41.5 Å². The maximum absolute atomic E-state index is 14.1. The van der Waals surface area contributed by atoms with Gasteiger partial charge in [-0.1, -0.05) is 20.8 Å². The second-order valence-electron chi connectivity index (χ2n) is 16.2. The number of ether oxygens (including phenoxy) is 7. The number of carbonyl (C=O) groups is 2. The number of nitrogens with zero attached hydrogens (tertiary/aromatic N) is 1. The van der Waals surface area contributed by atoms with Gasteiger partial charge < -0.3 is 53.4 Å². The van der Waals surface area contributed by atoms with Gasteiger partial charge in [0.15, 0.2) is 18.4 Å². The number of ketones is 1. The summed E-state index contributed by atoms with van der Waals surface area (Å²) in [4.78, 5) is 29.9. The molecule has 13 nitrogen and oxygen atoms in total. The summed E-state index contributed by atoms with van der Waals surface area (Å²) in [6.45, 7) is 17.6. The summed E-state index contributed by atoms with van der Waals surface area (Å²) in [7, 11) is 6.84. The van der Waals surface area contributed by atoms with E-state index in [-0.39, 0.29) is 37.2 Å². The van der Waals surface area contributed by atoms with E-state index in [1.54, 1.807) is 41.5 Å². The van der Waals surface area contributed by atoms with Crippen molar-refractivity contribution in [3.8, 4) is 0 Å². The molecule has 3 aliphatic heterocycles. The van der Waals surface area contributed by atoms with Crippen LogP contribution in [-0.2, 0) is 42.7 Å². The number of rotatable bonds is 8. The molecule has 0 spiro atoms. The first-order chi connectivity index (χ1) is 23.5. The molecular formula is C38H67NO12. The molecule has 296 valence electrons. The van der Waals surface area contributed by atoms with Gasteiger partial charge in [-0.2, -0.15) is 0 Å². The fraction of sp³-hybridized carbons (Fsp3) is 0.895. The Hall–Kier alpha value is -1.52. The van der Waals surface area contributed by atoms with Crippen LogP contribution >= 0.6 is 0 Å². The molecule has 2 fully saturated rings. The van der Waals surface area contributed by atoms with E-state index in [4.69, 9.17) is 33.2 Å². The molecule has 3 N–H and O–H groups in total. The molecule has 0 radical (unpaired) electrons. The van der Waals surface area contributed by atoms with E-state index < -0.39 is 89.7 Å². The van der Waals surface area contributed by atoms with E-state index in [1.807, 2.05) is 39.8 Å². The van der Waals surface area contributed by atoms with Crippen LogP contribution in [0.3, 0.4) is 0 Å². The number of likely N-dealkylation sites (N-methyl/N-ethyl adjacent to an activating group) is 1. The molecule has 13 heteroatoms. The van der Waals surface area contributed by atoms with Gasteiger partial charge in [-0.15, -0.1) is 0 Å². The smallest absolute Gasteiger partial charge is 0.311 e. The second-order valence-corrected chi connectivity index (χ2v) is 16.2. The van der Waals surface area contributed by atoms with Crippen LogP contribution in [0.5, 0.6) is 0 Å². The lowest BCUT2D eigenvalue weighted by Crippen LogP contribution is -2.61. The zero-order valence-corrected chi connectivity index (χ0v) is 33.4. The molecule has 16 unspecified atom stereocenters. The van der Waals surface area contributed by atoms with Gasteiger partial charge in [0.25, 0.3) is 0 Å². The first-order valence-corrected chi connectivity index (χ1v) is 18.5. The van der Waals surface area contributed by atoms with Crippen molar-refractivity contribution in [2.24, 2.45) is 17.8 Å². The van der Waals surface area contributed by atoms with Crippen molar-refractivity contribution in [3.63, 3.8) is 0 Å². The van der Waals surface area contributed by atoms with Crippen LogP contribution in [0, 0.1) is 17.8 Å². The maximum Gasteiger partial charge on any atom is 0.311 e. The van der Waals surface area contributed by atoms with Crippen LogP contribution in [0.25, 0.3) is 0 Å². The van der Waals surface area contributed by atoms with Crippen LogP contribution in [-0.4, -0.2) is 138 Å². The van der Waals surface area contributed by atoms with Crippen LogP contribution in [0.15, 0.2) is 11.6 Å². The Morgan fingerprint density at radius 3 is 2.10 bits per heavy atom. The highest BCUT2D eigenvalue weighted by atomic mass is 16.7. The maximum atomic E-state index is 14.1. The van der Waals surface area contributed by atoms with Crippen molar-refractivity contribution in [2.75, 3.05) is 28.3 Å². The van der Waals surface area contributed by atoms with Crippen molar-refractivity contribution >= 4 is 11.8 Å². The van der Waals surface area contributed by atoms with Gasteiger partial charge in [0, 0.05) is 38.5 Å². The van der Waals surface area contributed by atoms with Gasteiger partial charge in [-0.25, -0.2) is 0 Å². The van der Waals surface area contributed by atoms with Gasteiger partial charge in [-0.05, 0) is 93.5 Å². The van der Waals surface area contributed by atoms with E-state index in [0.717, 1.165) is 0 Å². The molecule has 2 saturated heterocycles. The van der Waals surface area contributed by atoms with Crippen molar-refractivity contribution < 1.29 is 58.1 Å². The SMILES string of the molecule is CCC1OC(=O)C(C)C(OC2CC(C)(OC)C(O)C(C)O2)C(C)C(OC2OC(C)CC(N(C)C)C2O)C(C)(OC)CC(C)C(=O)C(C)=CC1(C)O. The van der Waals surface area contributed by atoms with E-state index in [2.05, 4.69) is 0 Å². The summed E-state index contributed by atoms with van der Waals surface area (Å²) in [6.07, 6.45) is -4.99. The van der Waals surface area contributed by atoms with Gasteiger partial charge in [0.2, 0.25) is 0 Å². The molecule has 0 aromatic rings. The molecule has 3 aliphatic rings. The Morgan fingerprint density at radius 1 is 0.941 bits per heavy atom. The van der Waals surface area contributed by atoms with E-state index in [1.165, 1.54) is 27.2 Å². The fourth-order valence-electron chi connectivity index (χ4n) is 8.27. The number of aliphatic hydroxyl groups is 3. The Balaban J connectivity index is 2.22. The monoisotopic (exact) mass is 729 g/mol. The lowest BCUT2D eigenvalue weighted by Gasteiger charge is -2.49. The number of cyclic esters (lactones) is 1. The number of methoxy groups -OCH3 is 2. The summed E-state index contributed by atoms with van der Waals surface area (Å²) in [5, 5.41) is 34.0. The minimum atomic E-state index is -1.64. The number of hydrogen-bond acceptors (Lipinski definition) is 13. The highest BCUT2D eigenvalue weighted by Gasteiger charge is 2.52. The highest BCUT2D eigenvalue weighted by Crippen LogP contribution is 2.41. The zero-order chi connectivity index (χ0) is 38.8. The largest absolute Gasteiger partial charge is 0.459 e. The molecule has 0 aliphatic carbocycles. The molecule has 0 aromatic carbocycles. The fourth-order valence-corrected chi connectivity index (χ4v) is 8.27. The van der Waals surface area contributed by atoms with E-state index in [0.29, 0.717) is 12.0 Å². The highest BCUT2D eigenvalue weighted by molar-refractivity contribution is 5.96. The number of carbonyl (C=O) groups excluding carboxylic acids is 2. The summed E-state index contributed by atoms with van der Waals surface area (Å²) in [5.41, 5.74) is -3.50. The van der Waals surface area contributed by atoms with Crippen molar-refractivity contribution in [1.82, 2.24) is 4.90 Å². The van der Waals surface area contributed by atoms with Gasteiger partial charge >= 0.3 is 5.97 Å². The average molecular weight is 730 g/mol. The predicted molar refractivity (Wildman–Crippen MR) is 190 cm³/mol. The number of hydrogen-bond donors (Lipinski definition) is 3. The second kappa shape index (κ2) is 17.3. The third kappa shape index (κ3) is 9.78. The first kappa shape index (κ1) is 43.9. The summed E-state index contributed by atoms with van der Waals surface area (Å²) >= 11 is 0. The predicted octanol–water partition coefficient (Wildman–Crippen LogP) is 3.39. The molecule has 0 saturated carbocycles. The Morgan fingerprint density at radius 2 is 1.55 bits per heavy atom. The van der Waals surface area contributed by atoms with Crippen molar-refractivity contribution in [3.05, 3.63) is 11.6 Å². The molecule has 16 atom stereocenters. The standard InChI is InChI=1S/C38H67NO12/c1-15-27-36(8,44)17-20(2)29(40)21(3)18-38(10,46-14)33(51-35-30(41)26(39(11)12)16-22(4)47-35)23(5)31(24(6)34(43)49-27)50-28-19-37(9,45-13)32(42)25(7)48-28/h17,21-28,30-33,35,41-42,44H,15-16,18-19H2,1-14H3. The lowest BCUT2D eigenvalue weighted by molar-refractivity contribution is -0.319. The molecule has 3 rings (SSSR count). The summed E-state index contributed by atoms with van der Waals surface area (Å²) in [5.74, 6) is -3.03. The molecule has 51 heavy (non-hydrogen) atoms. The quantitative estimate of drug-likeness (QED) is 0.312. The molecule has 0 aromatic heterocycles. The van der Waals surface area contributed by atoms with Crippen LogP contribution < -0.4 is 0 Å². The molecule has 3 heterocycles. The van der Waals surface area contributed by atoms with Gasteiger partial charge in [-0.3, -0.25) is 9.59 Å². The van der Waals surface area contributed by atoms with Crippen LogP contribution in [0.4, 0.5) is 0 Å². The number of Topliss-reactive ketones (excluding diaryl/α,β-unsaturated/α-hetero) is 1. The first-order valence-electron chi connectivity index (χ1n) is 18.5. The molecule has 0 bridgehead atoms. The zero-order valence-electron chi connectivity index (χ0n) is 33.4. The minimum absolute atomic E-state index is 0.154. The van der Waals surface area contributed by atoms with Crippen molar-refractivity contribution in [2.45, 2.75) is 173 Å². The Labute approximate surface area is 305 Å². The number of aliphatic hydroxyl groups excluding tert-OH is 2. The van der Waals surface area contributed by atoms with Crippen molar-refractivity contribution in [1.29, 1.82) is 0 Å². The van der Waals surface area contributed by atoms with E-state index in [9.17, 15) is 24.9 Å². The van der Waals surface area contributed by atoms with E-state index >= 15 is 0 Å². The third-order valence-corrected chi connectivity index (χ3v) is 11.6. The topological polar surface area (TPSA) is 163 Å². The third-order valence-electron chi connectivity index (χ3n) is 11.6. The Bertz CT molecular complexity index is 1210. The number of esters is 1. The minimum Gasteiger partial charge on any atom is -0.459 e. The lowest BCUT2D eigenvalue weighted by atomic mass is 9.76. The molecular weight excluding hydrogens is 662 g/mol. The van der Waals surface area contributed by atoms with Crippen LogP contribution in [0.1, 0.15) is 94.9 Å². The Kier molecular flexibility index (Phi) is 14.9. The number of allylic oxidation sites excluding steroid dienone is 1. The normalized spacial score (nSPS) is 46.7. The van der Waals surface area contributed by atoms with Crippen LogP contribution in [0.2, 0.25) is 0 Å². The summed E-state index contributed by atoms with van der Waals surface area (Å²) in [6, 6.07) is -0.260. The van der Waals surface area contributed by atoms with Gasteiger partial charge in [0.1, 0.15) is 23.9 Å². The average Bonchev–Trinajstić information content (AvgIpc) is 3.06.